The summed E-state index contributed by atoms with van der Waals surface area (Å²) in [6.07, 6.45) is 4.09. The van der Waals surface area contributed by atoms with Crippen molar-refractivity contribution in [2.75, 3.05) is 34.3 Å². The number of benzene rings is 1. The van der Waals surface area contributed by atoms with Crippen molar-refractivity contribution >= 4 is 34.8 Å². The van der Waals surface area contributed by atoms with Gasteiger partial charge >= 0.3 is 0 Å². The summed E-state index contributed by atoms with van der Waals surface area (Å²) in [5, 5.41) is 0. The first-order chi connectivity index (χ1) is 11.7. The molecule has 0 unspecified atom stereocenters. The quantitative estimate of drug-likeness (QED) is 0.854. The molecular formula is C18H21N3O3. The summed E-state index contributed by atoms with van der Waals surface area (Å²) in [6, 6.07) is 5.67. The lowest BCUT2D eigenvalue weighted by atomic mass is 10.1. The van der Waals surface area contributed by atoms with Gasteiger partial charge in [-0.3, -0.25) is 14.4 Å². The van der Waals surface area contributed by atoms with E-state index < -0.39 is 0 Å². The van der Waals surface area contributed by atoms with E-state index >= 15 is 0 Å². The van der Waals surface area contributed by atoms with Crippen LogP contribution in [0.5, 0.6) is 0 Å². The van der Waals surface area contributed by atoms with E-state index in [-0.39, 0.29) is 17.7 Å². The zero-order valence-corrected chi connectivity index (χ0v) is 13.7. The molecule has 0 aromatic heterocycles. The molecule has 3 aliphatic rings. The van der Waals surface area contributed by atoms with Gasteiger partial charge in [-0.1, -0.05) is 6.07 Å². The van der Waals surface area contributed by atoms with E-state index in [1.165, 1.54) is 0 Å². The first-order valence-electron chi connectivity index (χ1n) is 8.71. The molecule has 24 heavy (non-hydrogen) atoms. The SMILES string of the molecule is O=C1CCCN1c1cccc(N2CCCC2=O)c1N1CCCC1=O. The highest BCUT2D eigenvalue weighted by molar-refractivity contribution is 6.10. The van der Waals surface area contributed by atoms with Crippen molar-refractivity contribution in [3.8, 4) is 0 Å². The summed E-state index contributed by atoms with van der Waals surface area (Å²) in [5.74, 6) is 0.252. The normalized spacial score (nSPS) is 21.5. The molecule has 1 aromatic rings. The number of carbonyl (C=O) groups is 3. The molecule has 3 saturated heterocycles. The van der Waals surface area contributed by atoms with Crippen LogP contribution < -0.4 is 14.7 Å². The molecule has 1 aromatic carbocycles. The fraction of sp³-hybridized carbons (Fsp3) is 0.500. The third kappa shape index (κ3) is 2.37. The molecule has 6 nitrogen and oxygen atoms in total. The zero-order valence-electron chi connectivity index (χ0n) is 13.7. The maximum Gasteiger partial charge on any atom is 0.227 e. The monoisotopic (exact) mass is 327 g/mol. The first-order valence-corrected chi connectivity index (χ1v) is 8.71. The first kappa shape index (κ1) is 15.2. The second-order valence-electron chi connectivity index (χ2n) is 6.59. The van der Waals surface area contributed by atoms with Crippen LogP contribution in [0, 0.1) is 0 Å². The Balaban J connectivity index is 1.85. The van der Waals surface area contributed by atoms with Gasteiger partial charge in [0.15, 0.2) is 0 Å². The lowest BCUT2D eigenvalue weighted by Crippen LogP contribution is -2.33. The number of hydrogen-bond donors (Lipinski definition) is 0. The minimum atomic E-state index is 0.0713. The van der Waals surface area contributed by atoms with Crippen LogP contribution in [-0.2, 0) is 14.4 Å². The van der Waals surface area contributed by atoms with Gasteiger partial charge in [0, 0.05) is 38.9 Å². The molecule has 3 heterocycles. The van der Waals surface area contributed by atoms with Crippen molar-refractivity contribution in [2.45, 2.75) is 38.5 Å². The predicted octanol–water partition coefficient (Wildman–Crippen LogP) is 2.07. The number of carbonyl (C=O) groups excluding carboxylic acids is 3. The van der Waals surface area contributed by atoms with E-state index in [2.05, 4.69) is 0 Å². The summed E-state index contributed by atoms with van der Waals surface area (Å²) >= 11 is 0. The van der Waals surface area contributed by atoms with Gasteiger partial charge in [0.2, 0.25) is 17.7 Å². The van der Waals surface area contributed by atoms with Gasteiger partial charge in [0.05, 0.1) is 17.1 Å². The molecule has 0 radical (unpaired) electrons. The van der Waals surface area contributed by atoms with E-state index in [0.29, 0.717) is 38.9 Å². The molecule has 0 atom stereocenters. The van der Waals surface area contributed by atoms with Gasteiger partial charge in [0.25, 0.3) is 0 Å². The van der Waals surface area contributed by atoms with Crippen molar-refractivity contribution in [3.05, 3.63) is 18.2 Å². The molecule has 0 N–H and O–H groups in total. The van der Waals surface area contributed by atoms with Crippen molar-refractivity contribution in [1.29, 1.82) is 0 Å². The van der Waals surface area contributed by atoms with Crippen LogP contribution in [0.4, 0.5) is 17.1 Å². The van der Waals surface area contributed by atoms with Gasteiger partial charge in [0.1, 0.15) is 0 Å². The molecule has 126 valence electrons. The van der Waals surface area contributed by atoms with E-state index in [1.807, 2.05) is 18.2 Å². The highest BCUT2D eigenvalue weighted by Crippen LogP contribution is 2.43. The number of rotatable bonds is 3. The Hall–Kier alpha value is -2.37. The van der Waals surface area contributed by atoms with E-state index in [0.717, 1.165) is 36.3 Å². The molecule has 0 saturated carbocycles. The average molecular weight is 327 g/mol. The number of nitrogens with zero attached hydrogens (tertiary/aromatic N) is 3. The largest absolute Gasteiger partial charge is 0.310 e. The Bertz CT molecular complexity index is 671. The lowest BCUT2D eigenvalue weighted by Gasteiger charge is -2.30. The summed E-state index contributed by atoms with van der Waals surface area (Å²) < 4.78 is 0. The molecule has 0 bridgehead atoms. The molecule has 6 heteroatoms. The third-order valence-electron chi connectivity index (χ3n) is 5.07. The summed E-state index contributed by atoms with van der Waals surface area (Å²) in [5.41, 5.74) is 2.28. The van der Waals surface area contributed by atoms with Gasteiger partial charge < -0.3 is 14.7 Å². The standard InChI is InChI=1S/C18H21N3O3/c22-15-7-2-10-19(15)13-5-1-6-14(20-11-3-8-16(20)23)18(13)21-12-4-9-17(21)24/h1,5-6H,2-4,7-12H2. The molecule has 0 spiro atoms. The minimum Gasteiger partial charge on any atom is -0.310 e. The number of anilines is 3. The van der Waals surface area contributed by atoms with Crippen LogP contribution in [0.3, 0.4) is 0 Å². The van der Waals surface area contributed by atoms with Gasteiger partial charge in [-0.25, -0.2) is 0 Å². The summed E-state index contributed by atoms with van der Waals surface area (Å²) in [4.78, 5) is 42.2. The molecule has 3 amide bonds. The molecule has 3 aliphatic heterocycles. The minimum absolute atomic E-state index is 0.0713. The highest BCUT2D eigenvalue weighted by atomic mass is 16.2. The van der Waals surface area contributed by atoms with Crippen molar-refractivity contribution < 1.29 is 14.4 Å². The maximum absolute atomic E-state index is 12.4. The molecule has 3 fully saturated rings. The fourth-order valence-corrected chi connectivity index (χ4v) is 3.92. The summed E-state index contributed by atoms with van der Waals surface area (Å²) in [7, 11) is 0. The van der Waals surface area contributed by atoms with E-state index in [1.54, 1.807) is 14.7 Å². The van der Waals surface area contributed by atoms with Gasteiger partial charge in [-0.05, 0) is 31.4 Å². The van der Waals surface area contributed by atoms with Crippen LogP contribution in [0.25, 0.3) is 0 Å². The Morgan fingerprint density at radius 3 is 1.42 bits per heavy atom. The number of amides is 3. The fourth-order valence-electron chi connectivity index (χ4n) is 3.92. The van der Waals surface area contributed by atoms with Crippen LogP contribution in [0.1, 0.15) is 38.5 Å². The van der Waals surface area contributed by atoms with E-state index in [4.69, 9.17) is 0 Å². The van der Waals surface area contributed by atoms with Crippen LogP contribution in [0.15, 0.2) is 18.2 Å². The Kier molecular flexibility index (Phi) is 3.75. The van der Waals surface area contributed by atoms with Crippen molar-refractivity contribution in [3.63, 3.8) is 0 Å². The Labute approximate surface area is 141 Å². The number of hydrogen-bond acceptors (Lipinski definition) is 3. The topological polar surface area (TPSA) is 60.9 Å². The zero-order chi connectivity index (χ0) is 16.7. The third-order valence-corrected chi connectivity index (χ3v) is 5.07. The molecular weight excluding hydrogens is 306 g/mol. The molecule has 4 rings (SSSR count). The maximum atomic E-state index is 12.4. The van der Waals surface area contributed by atoms with Gasteiger partial charge in [-0.15, -0.1) is 0 Å². The second-order valence-corrected chi connectivity index (χ2v) is 6.59. The van der Waals surface area contributed by atoms with Gasteiger partial charge in [-0.2, -0.15) is 0 Å². The predicted molar refractivity (Wildman–Crippen MR) is 91.2 cm³/mol. The van der Waals surface area contributed by atoms with Crippen molar-refractivity contribution in [1.82, 2.24) is 0 Å². The molecule has 0 aliphatic carbocycles. The van der Waals surface area contributed by atoms with Crippen molar-refractivity contribution in [2.24, 2.45) is 0 Å². The Morgan fingerprint density at radius 2 is 1.04 bits per heavy atom. The van der Waals surface area contributed by atoms with Crippen LogP contribution in [0.2, 0.25) is 0 Å². The van der Waals surface area contributed by atoms with Crippen LogP contribution in [-0.4, -0.2) is 37.4 Å². The average Bonchev–Trinajstić information content (AvgIpc) is 3.28. The highest BCUT2D eigenvalue weighted by Gasteiger charge is 2.34. The summed E-state index contributed by atoms with van der Waals surface area (Å²) in [6.45, 7) is 1.99. The van der Waals surface area contributed by atoms with E-state index in [9.17, 15) is 14.4 Å². The second kappa shape index (κ2) is 5.92. The number of para-hydroxylation sites is 1. The smallest absolute Gasteiger partial charge is 0.227 e. The van der Waals surface area contributed by atoms with Crippen LogP contribution >= 0.6 is 0 Å². The lowest BCUT2D eigenvalue weighted by molar-refractivity contribution is -0.118. The Morgan fingerprint density at radius 1 is 0.625 bits per heavy atom.